The molecule has 0 heterocycles. The maximum absolute atomic E-state index is 12.3. The van der Waals surface area contributed by atoms with E-state index >= 15 is 0 Å². The first-order valence-corrected chi connectivity index (χ1v) is 8.58. The van der Waals surface area contributed by atoms with E-state index in [2.05, 4.69) is 16.0 Å². The summed E-state index contributed by atoms with van der Waals surface area (Å²) in [5.74, 6) is -3.76. The number of hydrogen-bond acceptors (Lipinski definition) is 6. The van der Waals surface area contributed by atoms with Gasteiger partial charge in [0, 0.05) is 6.42 Å². The number of carbonyl (C=O) groups excluding carboxylic acids is 4. The third-order valence-electron chi connectivity index (χ3n) is 3.49. The number of carboxylic acid groups (broad SMARTS) is 1. The molecular formula is C16H29N5O6. The van der Waals surface area contributed by atoms with Gasteiger partial charge < -0.3 is 32.5 Å². The molecule has 0 rings (SSSR count). The summed E-state index contributed by atoms with van der Waals surface area (Å²) in [7, 11) is 0. The molecule has 8 N–H and O–H groups in total. The van der Waals surface area contributed by atoms with Gasteiger partial charge in [0.05, 0.1) is 12.6 Å². The topological polar surface area (TPSA) is 194 Å². The predicted octanol–water partition coefficient (Wildman–Crippen LogP) is -2.18. The van der Waals surface area contributed by atoms with E-state index in [1.807, 2.05) is 13.8 Å². The SMILES string of the molecule is CC(C)CC(NC(=O)C(C)N)C(=O)NCC(=O)NC(CCC(N)=O)C(=O)O. The Morgan fingerprint density at radius 1 is 0.963 bits per heavy atom. The molecule has 3 unspecified atom stereocenters. The molecule has 0 radical (unpaired) electrons. The monoisotopic (exact) mass is 387 g/mol. The van der Waals surface area contributed by atoms with E-state index < -0.39 is 54.3 Å². The summed E-state index contributed by atoms with van der Waals surface area (Å²) in [6, 6.07) is -2.97. The highest BCUT2D eigenvalue weighted by Gasteiger charge is 2.25. The molecule has 0 aromatic heterocycles. The van der Waals surface area contributed by atoms with Crippen LogP contribution in [0.25, 0.3) is 0 Å². The lowest BCUT2D eigenvalue weighted by Crippen LogP contribution is -2.53. The normalized spacial score (nSPS) is 14.0. The first-order valence-electron chi connectivity index (χ1n) is 8.58. The maximum atomic E-state index is 12.3. The van der Waals surface area contributed by atoms with E-state index in [0.717, 1.165) is 0 Å². The third-order valence-corrected chi connectivity index (χ3v) is 3.49. The van der Waals surface area contributed by atoms with Crippen molar-refractivity contribution in [2.24, 2.45) is 17.4 Å². The highest BCUT2D eigenvalue weighted by atomic mass is 16.4. The first kappa shape index (κ1) is 24.3. The van der Waals surface area contributed by atoms with Crippen LogP contribution in [0.5, 0.6) is 0 Å². The molecule has 11 nitrogen and oxygen atoms in total. The second-order valence-electron chi connectivity index (χ2n) is 6.66. The van der Waals surface area contributed by atoms with Crippen LogP contribution in [0.3, 0.4) is 0 Å². The van der Waals surface area contributed by atoms with Gasteiger partial charge in [0.1, 0.15) is 12.1 Å². The molecular weight excluding hydrogens is 358 g/mol. The third kappa shape index (κ3) is 10.8. The van der Waals surface area contributed by atoms with Crippen molar-refractivity contribution in [3.8, 4) is 0 Å². The van der Waals surface area contributed by atoms with Gasteiger partial charge in [-0.05, 0) is 25.7 Å². The largest absolute Gasteiger partial charge is 0.480 e. The molecule has 0 aliphatic heterocycles. The Hall–Kier alpha value is -2.69. The highest BCUT2D eigenvalue weighted by Crippen LogP contribution is 2.05. The zero-order chi connectivity index (χ0) is 21.1. The number of rotatable bonds is 12. The summed E-state index contributed by atoms with van der Waals surface area (Å²) >= 11 is 0. The molecule has 27 heavy (non-hydrogen) atoms. The second kappa shape index (κ2) is 11.8. The minimum Gasteiger partial charge on any atom is -0.480 e. The number of hydrogen-bond donors (Lipinski definition) is 6. The van der Waals surface area contributed by atoms with Crippen molar-refractivity contribution < 1.29 is 29.1 Å². The molecule has 11 heteroatoms. The van der Waals surface area contributed by atoms with E-state index in [-0.39, 0.29) is 18.8 Å². The van der Waals surface area contributed by atoms with Crippen molar-refractivity contribution >= 4 is 29.6 Å². The minimum absolute atomic E-state index is 0.0909. The number of amides is 4. The smallest absolute Gasteiger partial charge is 0.326 e. The Morgan fingerprint density at radius 3 is 2.00 bits per heavy atom. The quantitative estimate of drug-likeness (QED) is 0.219. The summed E-state index contributed by atoms with van der Waals surface area (Å²) in [6.45, 7) is 4.72. The van der Waals surface area contributed by atoms with Gasteiger partial charge in [-0.3, -0.25) is 19.2 Å². The summed E-state index contributed by atoms with van der Waals surface area (Å²) in [6.07, 6.45) is -0.0313. The van der Waals surface area contributed by atoms with Crippen LogP contribution < -0.4 is 27.4 Å². The lowest BCUT2D eigenvalue weighted by molar-refractivity contribution is -0.142. The van der Waals surface area contributed by atoms with Crippen LogP contribution >= 0.6 is 0 Å². The number of carboxylic acids is 1. The molecule has 0 bridgehead atoms. The lowest BCUT2D eigenvalue weighted by Gasteiger charge is -2.21. The van der Waals surface area contributed by atoms with Crippen LogP contribution in [0.4, 0.5) is 0 Å². The number of nitrogens with two attached hydrogens (primary N) is 2. The minimum atomic E-state index is -1.32. The Bertz CT molecular complexity index is 564. The van der Waals surface area contributed by atoms with E-state index in [1.54, 1.807) is 0 Å². The van der Waals surface area contributed by atoms with Gasteiger partial charge in [-0.2, -0.15) is 0 Å². The number of primary amides is 1. The van der Waals surface area contributed by atoms with Gasteiger partial charge in [0.25, 0.3) is 0 Å². The molecule has 0 aliphatic carbocycles. The van der Waals surface area contributed by atoms with Gasteiger partial charge in [-0.1, -0.05) is 13.8 Å². The predicted molar refractivity (Wildman–Crippen MR) is 96.0 cm³/mol. The molecule has 0 aromatic rings. The van der Waals surface area contributed by atoms with Gasteiger partial charge in [0.15, 0.2) is 0 Å². The van der Waals surface area contributed by atoms with E-state index in [4.69, 9.17) is 16.6 Å². The van der Waals surface area contributed by atoms with Crippen molar-refractivity contribution in [3.05, 3.63) is 0 Å². The maximum Gasteiger partial charge on any atom is 0.326 e. The van der Waals surface area contributed by atoms with Gasteiger partial charge in [0.2, 0.25) is 23.6 Å². The molecule has 0 fully saturated rings. The Balaban J connectivity index is 4.70. The van der Waals surface area contributed by atoms with Crippen LogP contribution in [-0.2, 0) is 24.0 Å². The van der Waals surface area contributed by atoms with E-state index in [0.29, 0.717) is 6.42 Å². The standard InChI is InChI=1S/C16H29N5O6/c1-8(2)6-11(21-14(24)9(3)17)15(25)19-7-13(23)20-10(16(26)27)4-5-12(18)22/h8-11H,4-7,17H2,1-3H3,(H2,18,22)(H,19,25)(H,20,23)(H,21,24)(H,26,27). The molecule has 0 aromatic carbocycles. The molecule has 154 valence electrons. The van der Waals surface area contributed by atoms with Crippen LogP contribution in [0.2, 0.25) is 0 Å². The lowest BCUT2D eigenvalue weighted by atomic mass is 10.0. The zero-order valence-electron chi connectivity index (χ0n) is 15.8. The number of aliphatic carboxylic acids is 1. The molecule has 0 saturated heterocycles. The molecule has 0 spiro atoms. The van der Waals surface area contributed by atoms with Crippen LogP contribution in [0.1, 0.15) is 40.0 Å². The highest BCUT2D eigenvalue weighted by molar-refractivity contribution is 5.92. The molecule has 0 saturated carbocycles. The fraction of sp³-hybridized carbons (Fsp3) is 0.688. The zero-order valence-corrected chi connectivity index (χ0v) is 15.8. The Kier molecular flexibility index (Phi) is 10.7. The average Bonchev–Trinajstić information content (AvgIpc) is 2.54. The molecule has 0 aliphatic rings. The summed E-state index contributed by atoms with van der Waals surface area (Å²) in [4.78, 5) is 57.7. The van der Waals surface area contributed by atoms with E-state index in [9.17, 15) is 24.0 Å². The number of carbonyl (C=O) groups is 5. The van der Waals surface area contributed by atoms with Crippen molar-refractivity contribution in [1.29, 1.82) is 0 Å². The first-order chi connectivity index (χ1) is 12.4. The molecule has 3 atom stereocenters. The van der Waals surface area contributed by atoms with E-state index in [1.165, 1.54) is 6.92 Å². The van der Waals surface area contributed by atoms with Crippen molar-refractivity contribution in [1.82, 2.24) is 16.0 Å². The van der Waals surface area contributed by atoms with Crippen molar-refractivity contribution in [3.63, 3.8) is 0 Å². The van der Waals surface area contributed by atoms with Gasteiger partial charge in [-0.15, -0.1) is 0 Å². The van der Waals surface area contributed by atoms with Gasteiger partial charge in [-0.25, -0.2) is 4.79 Å². The van der Waals surface area contributed by atoms with Crippen LogP contribution in [0.15, 0.2) is 0 Å². The van der Waals surface area contributed by atoms with Crippen molar-refractivity contribution in [2.45, 2.75) is 58.2 Å². The summed E-state index contributed by atoms with van der Waals surface area (Å²) in [5.41, 5.74) is 10.4. The fourth-order valence-electron chi connectivity index (χ4n) is 2.09. The fourth-order valence-corrected chi connectivity index (χ4v) is 2.09. The summed E-state index contributed by atoms with van der Waals surface area (Å²) in [5, 5.41) is 16.1. The molecule has 4 amide bonds. The summed E-state index contributed by atoms with van der Waals surface area (Å²) < 4.78 is 0. The van der Waals surface area contributed by atoms with Crippen LogP contribution in [-0.4, -0.2) is 59.4 Å². The Labute approximate surface area is 157 Å². The average molecular weight is 387 g/mol. The van der Waals surface area contributed by atoms with Crippen LogP contribution in [0, 0.1) is 5.92 Å². The Morgan fingerprint density at radius 2 is 1.56 bits per heavy atom. The van der Waals surface area contributed by atoms with Crippen molar-refractivity contribution in [2.75, 3.05) is 6.54 Å². The van der Waals surface area contributed by atoms with Gasteiger partial charge >= 0.3 is 5.97 Å². The number of nitrogens with one attached hydrogen (secondary N) is 3. The second-order valence-corrected chi connectivity index (χ2v) is 6.66.